The van der Waals surface area contributed by atoms with Crippen LogP contribution < -0.4 is 20.5 Å². The maximum atomic E-state index is 6.13. The van der Waals surface area contributed by atoms with Crippen LogP contribution >= 0.6 is 23.1 Å². The van der Waals surface area contributed by atoms with Crippen molar-refractivity contribution < 1.29 is 9.47 Å². The minimum absolute atomic E-state index is 0.0658. The molecule has 0 bridgehead atoms. The molecule has 3 N–H and O–H groups in total. The summed E-state index contributed by atoms with van der Waals surface area (Å²) in [6.07, 6.45) is 4.20. The van der Waals surface area contributed by atoms with Crippen molar-refractivity contribution in [3.8, 4) is 22.1 Å². The van der Waals surface area contributed by atoms with Gasteiger partial charge in [0.25, 0.3) is 0 Å². The zero-order chi connectivity index (χ0) is 23.0. The molecule has 5 rings (SSSR count). The van der Waals surface area contributed by atoms with Crippen LogP contribution in [0.2, 0.25) is 0 Å². The van der Waals surface area contributed by atoms with Gasteiger partial charge in [0.05, 0.1) is 0 Å². The third kappa shape index (κ3) is 4.61. The number of aromatic nitrogens is 5. The average molecular weight is 484 g/mol. The van der Waals surface area contributed by atoms with Crippen LogP contribution in [0.5, 0.6) is 11.5 Å². The molecule has 33 heavy (non-hydrogen) atoms. The molecule has 1 aliphatic rings. The van der Waals surface area contributed by atoms with Crippen LogP contribution in [0.1, 0.15) is 27.2 Å². The van der Waals surface area contributed by atoms with E-state index in [0.29, 0.717) is 17.1 Å². The second kappa shape index (κ2) is 8.81. The Hall–Kier alpha value is -2.89. The molecule has 4 heterocycles. The van der Waals surface area contributed by atoms with E-state index in [-0.39, 0.29) is 12.3 Å². The molecule has 11 heteroatoms. The fourth-order valence-electron chi connectivity index (χ4n) is 3.54. The summed E-state index contributed by atoms with van der Waals surface area (Å²) in [5.74, 6) is 1.81. The maximum absolute atomic E-state index is 6.13. The SMILES string of the molecule is CC(C)(C)NCCCn1c(Sc2cc3c(cc2-c2nccs2)OCO3)nc2c(N)ncnc21. The summed E-state index contributed by atoms with van der Waals surface area (Å²) < 4.78 is 13.4. The number of nitrogen functional groups attached to an aromatic ring is 1. The molecular formula is C22H25N7O2S2. The van der Waals surface area contributed by atoms with E-state index in [9.17, 15) is 0 Å². The number of fused-ring (bicyclic) bond motifs is 2. The highest BCUT2D eigenvalue weighted by atomic mass is 32.2. The predicted molar refractivity (Wildman–Crippen MR) is 130 cm³/mol. The average Bonchev–Trinajstić information content (AvgIpc) is 3.51. The van der Waals surface area contributed by atoms with Crippen LogP contribution in [0.15, 0.2) is 40.1 Å². The molecule has 4 aromatic rings. The van der Waals surface area contributed by atoms with Gasteiger partial charge in [0.2, 0.25) is 6.79 Å². The summed E-state index contributed by atoms with van der Waals surface area (Å²) in [7, 11) is 0. The second-order valence-corrected chi connectivity index (χ2v) is 10.6. The first-order valence-electron chi connectivity index (χ1n) is 10.6. The fourth-order valence-corrected chi connectivity index (χ4v) is 5.33. The highest BCUT2D eigenvalue weighted by Gasteiger charge is 2.23. The smallest absolute Gasteiger partial charge is 0.231 e. The van der Waals surface area contributed by atoms with E-state index in [1.165, 1.54) is 6.33 Å². The van der Waals surface area contributed by atoms with Gasteiger partial charge in [0.1, 0.15) is 11.3 Å². The Labute approximate surface area is 199 Å². The van der Waals surface area contributed by atoms with E-state index >= 15 is 0 Å². The van der Waals surface area contributed by atoms with Gasteiger partial charge in [-0.25, -0.2) is 19.9 Å². The Morgan fingerprint density at radius 2 is 2.00 bits per heavy atom. The molecule has 1 aromatic carbocycles. The third-order valence-electron chi connectivity index (χ3n) is 5.08. The number of ether oxygens (including phenoxy) is 2. The highest BCUT2D eigenvalue weighted by molar-refractivity contribution is 7.99. The van der Waals surface area contributed by atoms with Gasteiger partial charge in [-0.05, 0) is 45.9 Å². The molecule has 0 radical (unpaired) electrons. The maximum Gasteiger partial charge on any atom is 0.231 e. The Bertz CT molecular complexity index is 1280. The number of nitrogens with two attached hydrogens (primary N) is 1. The summed E-state index contributed by atoms with van der Waals surface area (Å²) in [6.45, 7) is 8.32. The van der Waals surface area contributed by atoms with E-state index in [4.69, 9.17) is 20.2 Å². The molecule has 0 amide bonds. The number of rotatable bonds is 7. The summed E-state index contributed by atoms with van der Waals surface area (Å²) in [6, 6.07) is 3.97. The summed E-state index contributed by atoms with van der Waals surface area (Å²) in [4.78, 5) is 18.9. The standard InChI is InChI=1S/C22H25N7O2S2/c1-22(2,3)27-5-4-7-29-19-17(18(23)25-11-26-19)28-21(29)33-16-10-15-14(30-12-31-15)9-13(16)20-24-6-8-32-20/h6,8-11,27H,4-5,7,12H2,1-3H3,(H2,23,25,26). The Kier molecular flexibility index (Phi) is 5.85. The zero-order valence-corrected chi connectivity index (χ0v) is 20.3. The topological polar surface area (TPSA) is 113 Å². The number of benzene rings is 1. The molecule has 0 spiro atoms. The molecule has 0 unspecified atom stereocenters. The molecule has 172 valence electrons. The van der Waals surface area contributed by atoms with Crippen LogP contribution in [0.3, 0.4) is 0 Å². The van der Waals surface area contributed by atoms with Crippen molar-refractivity contribution in [2.75, 3.05) is 19.1 Å². The Morgan fingerprint density at radius 1 is 1.18 bits per heavy atom. The van der Waals surface area contributed by atoms with Crippen LogP contribution in [0, 0.1) is 0 Å². The molecule has 0 fully saturated rings. The lowest BCUT2D eigenvalue weighted by Gasteiger charge is -2.20. The van der Waals surface area contributed by atoms with Crippen molar-refractivity contribution in [1.29, 1.82) is 0 Å². The van der Waals surface area contributed by atoms with E-state index < -0.39 is 0 Å². The molecule has 0 saturated heterocycles. The third-order valence-corrected chi connectivity index (χ3v) is 6.94. The Balaban J connectivity index is 1.52. The summed E-state index contributed by atoms with van der Waals surface area (Å²) in [5, 5.41) is 7.20. The summed E-state index contributed by atoms with van der Waals surface area (Å²) >= 11 is 3.12. The van der Waals surface area contributed by atoms with Gasteiger partial charge in [-0.2, -0.15) is 0 Å². The molecule has 0 aliphatic carbocycles. The highest BCUT2D eigenvalue weighted by Crippen LogP contribution is 2.45. The minimum atomic E-state index is 0.0658. The van der Waals surface area contributed by atoms with Crippen molar-refractivity contribution in [3.63, 3.8) is 0 Å². The monoisotopic (exact) mass is 483 g/mol. The molecule has 9 nitrogen and oxygen atoms in total. The number of aryl methyl sites for hydroxylation is 1. The first-order valence-corrected chi connectivity index (χ1v) is 12.3. The van der Waals surface area contributed by atoms with Crippen molar-refractivity contribution >= 4 is 40.1 Å². The van der Waals surface area contributed by atoms with Crippen molar-refractivity contribution in [2.45, 2.75) is 49.3 Å². The number of hydrogen-bond donors (Lipinski definition) is 2. The van der Waals surface area contributed by atoms with Crippen LogP contribution in [-0.2, 0) is 6.54 Å². The first kappa shape index (κ1) is 21.9. The van der Waals surface area contributed by atoms with Gasteiger partial charge in [-0.1, -0.05) is 11.8 Å². The number of anilines is 1. The lowest BCUT2D eigenvalue weighted by atomic mass is 10.1. The van der Waals surface area contributed by atoms with Crippen LogP contribution in [0.25, 0.3) is 21.7 Å². The predicted octanol–water partition coefficient (Wildman–Crippen LogP) is 4.19. The van der Waals surface area contributed by atoms with Gasteiger partial charge in [0, 0.05) is 34.1 Å². The number of hydrogen-bond acceptors (Lipinski definition) is 10. The molecular weight excluding hydrogens is 458 g/mol. The summed E-state index contributed by atoms with van der Waals surface area (Å²) in [5.41, 5.74) is 8.52. The largest absolute Gasteiger partial charge is 0.454 e. The van der Waals surface area contributed by atoms with Gasteiger partial charge < -0.3 is 25.1 Å². The molecule has 0 saturated carbocycles. The van der Waals surface area contributed by atoms with Crippen molar-refractivity contribution in [1.82, 2.24) is 29.8 Å². The quantitative estimate of drug-likeness (QED) is 0.374. The lowest BCUT2D eigenvalue weighted by Crippen LogP contribution is -2.36. The van der Waals surface area contributed by atoms with Gasteiger partial charge in [0.15, 0.2) is 33.6 Å². The number of thiazole rings is 1. The van der Waals surface area contributed by atoms with E-state index in [0.717, 1.165) is 51.5 Å². The second-order valence-electron chi connectivity index (χ2n) is 8.65. The van der Waals surface area contributed by atoms with E-state index in [1.807, 2.05) is 17.5 Å². The van der Waals surface area contributed by atoms with Gasteiger partial charge in [-0.3, -0.25) is 0 Å². The lowest BCUT2D eigenvalue weighted by molar-refractivity contribution is 0.174. The minimum Gasteiger partial charge on any atom is -0.454 e. The van der Waals surface area contributed by atoms with Crippen molar-refractivity contribution in [2.24, 2.45) is 0 Å². The fraction of sp³-hybridized carbons (Fsp3) is 0.364. The normalized spacial score (nSPS) is 13.2. The van der Waals surface area contributed by atoms with Gasteiger partial charge >= 0.3 is 0 Å². The van der Waals surface area contributed by atoms with Crippen LogP contribution in [-0.4, -0.2) is 43.4 Å². The zero-order valence-electron chi connectivity index (χ0n) is 18.7. The van der Waals surface area contributed by atoms with Gasteiger partial charge in [-0.15, -0.1) is 11.3 Å². The van der Waals surface area contributed by atoms with E-state index in [1.54, 1.807) is 29.3 Å². The number of nitrogens with one attached hydrogen (secondary N) is 1. The van der Waals surface area contributed by atoms with Crippen molar-refractivity contribution in [3.05, 3.63) is 30.0 Å². The Morgan fingerprint density at radius 3 is 2.76 bits per heavy atom. The molecule has 1 aliphatic heterocycles. The first-order chi connectivity index (χ1) is 15.9. The molecule has 3 aromatic heterocycles. The van der Waals surface area contributed by atoms with Crippen LogP contribution in [0.4, 0.5) is 5.82 Å². The number of nitrogens with zero attached hydrogens (tertiary/aromatic N) is 5. The molecule has 0 atom stereocenters. The van der Waals surface area contributed by atoms with E-state index in [2.05, 4.69) is 45.6 Å². The number of imidazole rings is 1.